The Balaban J connectivity index is 2.05. The molecular formula is C12H23NO2. The maximum absolute atomic E-state index is 5.87. The maximum Gasteiger partial charge on any atom is 0.227 e. The van der Waals surface area contributed by atoms with Crippen molar-refractivity contribution < 1.29 is 9.47 Å². The van der Waals surface area contributed by atoms with Gasteiger partial charge in [-0.05, 0) is 12.8 Å². The molecule has 0 atom stereocenters. The molecule has 3 saturated heterocycles. The lowest BCUT2D eigenvalue weighted by Gasteiger charge is -2.57. The van der Waals surface area contributed by atoms with Crippen molar-refractivity contribution in [3.05, 3.63) is 0 Å². The molecule has 3 aliphatic rings. The standard InChI is InChI=1S/C12H23NO2/c1-4-6-7-13-8-12(5-2)9-14-11(13,3)15-10-12/h4-10H2,1-3H3. The molecule has 0 radical (unpaired) electrons. The van der Waals surface area contributed by atoms with E-state index in [-0.39, 0.29) is 5.41 Å². The molecule has 3 heteroatoms. The highest BCUT2D eigenvalue weighted by molar-refractivity contribution is 4.93. The van der Waals surface area contributed by atoms with Crippen LogP contribution < -0.4 is 0 Å². The minimum Gasteiger partial charge on any atom is -0.337 e. The molecule has 2 bridgehead atoms. The smallest absolute Gasteiger partial charge is 0.227 e. The molecule has 3 nitrogen and oxygen atoms in total. The minimum atomic E-state index is -0.438. The van der Waals surface area contributed by atoms with Crippen LogP contribution in [0.15, 0.2) is 0 Å². The van der Waals surface area contributed by atoms with Crippen LogP contribution in [0.5, 0.6) is 0 Å². The summed E-state index contributed by atoms with van der Waals surface area (Å²) < 4.78 is 11.7. The van der Waals surface area contributed by atoms with Gasteiger partial charge in [0.1, 0.15) is 0 Å². The summed E-state index contributed by atoms with van der Waals surface area (Å²) in [6.45, 7) is 10.5. The molecule has 0 aromatic carbocycles. The number of rotatable bonds is 4. The Kier molecular flexibility index (Phi) is 3.06. The largest absolute Gasteiger partial charge is 0.337 e. The number of unbranched alkanes of at least 4 members (excludes halogenated alkanes) is 1. The highest BCUT2D eigenvalue weighted by Crippen LogP contribution is 2.42. The van der Waals surface area contributed by atoms with Gasteiger partial charge in [0.15, 0.2) is 0 Å². The second kappa shape index (κ2) is 4.04. The second-order valence-corrected chi connectivity index (χ2v) is 5.10. The van der Waals surface area contributed by atoms with E-state index in [0.29, 0.717) is 0 Å². The van der Waals surface area contributed by atoms with Crippen molar-refractivity contribution in [1.82, 2.24) is 4.90 Å². The number of hydrogen-bond donors (Lipinski definition) is 0. The Morgan fingerprint density at radius 3 is 2.40 bits per heavy atom. The third-order valence-electron chi connectivity index (χ3n) is 3.92. The zero-order valence-electron chi connectivity index (χ0n) is 10.2. The summed E-state index contributed by atoms with van der Waals surface area (Å²) >= 11 is 0. The van der Waals surface area contributed by atoms with Gasteiger partial charge in [0.05, 0.1) is 13.2 Å². The highest BCUT2D eigenvalue weighted by atomic mass is 16.7. The third kappa shape index (κ3) is 1.93. The van der Waals surface area contributed by atoms with Crippen molar-refractivity contribution in [2.75, 3.05) is 26.3 Å². The van der Waals surface area contributed by atoms with Gasteiger partial charge in [0.25, 0.3) is 0 Å². The van der Waals surface area contributed by atoms with E-state index in [0.717, 1.165) is 32.7 Å². The van der Waals surface area contributed by atoms with Crippen LogP contribution in [0.4, 0.5) is 0 Å². The van der Waals surface area contributed by atoms with Crippen molar-refractivity contribution in [3.63, 3.8) is 0 Å². The summed E-state index contributed by atoms with van der Waals surface area (Å²) in [6.07, 6.45) is 3.60. The van der Waals surface area contributed by atoms with Crippen LogP contribution in [-0.4, -0.2) is 37.1 Å². The molecule has 0 saturated carbocycles. The molecule has 0 aromatic heterocycles. The molecule has 0 spiro atoms. The van der Waals surface area contributed by atoms with Gasteiger partial charge in [0.2, 0.25) is 5.91 Å². The fourth-order valence-corrected chi connectivity index (χ4v) is 2.43. The first kappa shape index (κ1) is 11.4. The number of nitrogens with zero attached hydrogens (tertiary/aromatic N) is 1. The fraction of sp³-hybridized carbons (Fsp3) is 1.00. The van der Waals surface area contributed by atoms with E-state index in [1.165, 1.54) is 12.8 Å². The summed E-state index contributed by atoms with van der Waals surface area (Å²) in [5, 5.41) is 0. The van der Waals surface area contributed by atoms with Crippen molar-refractivity contribution in [3.8, 4) is 0 Å². The molecule has 0 N–H and O–H groups in total. The predicted octanol–water partition coefficient (Wildman–Crippen LogP) is 2.22. The minimum absolute atomic E-state index is 0.255. The Bertz CT molecular complexity index is 222. The van der Waals surface area contributed by atoms with Crippen molar-refractivity contribution in [2.24, 2.45) is 5.41 Å². The van der Waals surface area contributed by atoms with Crippen LogP contribution in [0.2, 0.25) is 0 Å². The SMILES string of the molecule is CCCCN1CC2(CC)COC1(C)OC2. The maximum atomic E-state index is 5.87. The summed E-state index contributed by atoms with van der Waals surface area (Å²) in [4.78, 5) is 2.37. The molecule has 3 rings (SSSR count). The van der Waals surface area contributed by atoms with Crippen LogP contribution in [-0.2, 0) is 9.47 Å². The Labute approximate surface area is 92.7 Å². The van der Waals surface area contributed by atoms with Crippen LogP contribution >= 0.6 is 0 Å². The average Bonchev–Trinajstić information content (AvgIpc) is 2.28. The molecule has 3 aliphatic heterocycles. The quantitative estimate of drug-likeness (QED) is 0.714. The number of ether oxygens (including phenoxy) is 2. The lowest BCUT2D eigenvalue weighted by molar-refractivity contribution is -0.401. The van der Waals surface area contributed by atoms with Gasteiger partial charge in [-0.15, -0.1) is 0 Å². The molecule has 0 amide bonds. The van der Waals surface area contributed by atoms with E-state index < -0.39 is 5.91 Å². The van der Waals surface area contributed by atoms with Gasteiger partial charge in [0, 0.05) is 25.4 Å². The van der Waals surface area contributed by atoms with Gasteiger partial charge in [-0.3, -0.25) is 4.90 Å². The first-order valence-electron chi connectivity index (χ1n) is 6.17. The Morgan fingerprint density at radius 1 is 1.20 bits per heavy atom. The van der Waals surface area contributed by atoms with E-state index in [1.54, 1.807) is 0 Å². The first-order chi connectivity index (χ1) is 7.14. The predicted molar refractivity (Wildman–Crippen MR) is 59.5 cm³/mol. The van der Waals surface area contributed by atoms with E-state index >= 15 is 0 Å². The van der Waals surface area contributed by atoms with Crippen LogP contribution in [0, 0.1) is 5.41 Å². The molecule has 0 aromatic rings. The van der Waals surface area contributed by atoms with Crippen LogP contribution in [0.25, 0.3) is 0 Å². The molecule has 0 aliphatic carbocycles. The molecule has 0 unspecified atom stereocenters. The van der Waals surface area contributed by atoms with Gasteiger partial charge in [-0.1, -0.05) is 20.3 Å². The summed E-state index contributed by atoms with van der Waals surface area (Å²) in [7, 11) is 0. The van der Waals surface area contributed by atoms with E-state index in [2.05, 4.69) is 25.7 Å². The summed E-state index contributed by atoms with van der Waals surface area (Å²) in [6, 6.07) is 0. The van der Waals surface area contributed by atoms with Gasteiger partial charge in [-0.2, -0.15) is 0 Å². The summed E-state index contributed by atoms with van der Waals surface area (Å²) in [5.74, 6) is -0.438. The monoisotopic (exact) mass is 213 g/mol. The molecule has 3 heterocycles. The molecule has 3 fully saturated rings. The lowest BCUT2D eigenvalue weighted by Crippen LogP contribution is -2.67. The van der Waals surface area contributed by atoms with Gasteiger partial charge in [-0.25, -0.2) is 0 Å². The second-order valence-electron chi connectivity index (χ2n) is 5.10. The zero-order valence-corrected chi connectivity index (χ0v) is 10.2. The van der Waals surface area contributed by atoms with E-state index in [9.17, 15) is 0 Å². The Hall–Kier alpha value is -0.120. The van der Waals surface area contributed by atoms with Crippen molar-refractivity contribution in [1.29, 1.82) is 0 Å². The van der Waals surface area contributed by atoms with E-state index in [4.69, 9.17) is 9.47 Å². The van der Waals surface area contributed by atoms with Gasteiger partial charge >= 0.3 is 0 Å². The third-order valence-corrected chi connectivity index (χ3v) is 3.92. The Morgan fingerprint density at radius 2 is 1.87 bits per heavy atom. The fourth-order valence-electron chi connectivity index (χ4n) is 2.43. The number of hydrogen-bond acceptors (Lipinski definition) is 3. The normalized spacial score (nSPS) is 41.0. The number of fused-ring (bicyclic) bond motifs is 3. The lowest BCUT2D eigenvalue weighted by atomic mass is 9.83. The molecule has 15 heavy (non-hydrogen) atoms. The summed E-state index contributed by atoms with van der Waals surface area (Å²) in [5.41, 5.74) is 0.255. The van der Waals surface area contributed by atoms with E-state index in [1.807, 2.05) is 0 Å². The zero-order chi connectivity index (χ0) is 10.9. The van der Waals surface area contributed by atoms with Crippen LogP contribution in [0.3, 0.4) is 0 Å². The van der Waals surface area contributed by atoms with Crippen molar-refractivity contribution in [2.45, 2.75) is 45.9 Å². The average molecular weight is 213 g/mol. The highest BCUT2D eigenvalue weighted by Gasteiger charge is 2.52. The van der Waals surface area contributed by atoms with Crippen molar-refractivity contribution >= 4 is 0 Å². The molecule has 88 valence electrons. The van der Waals surface area contributed by atoms with Crippen LogP contribution in [0.1, 0.15) is 40.0 Å². The first-order valence-corrected chi connectivity index (χ1v) is 6.17. The topological polar surface area (TPSA) is 21.7 Å². The molecular weight excluding hydrogens is 190 g/mol. The van der Waals surface area contributed by atoms with Gasteiger partial charge < -0.3 is 9.47 Å².